The summed E-state index contributed by atoms with van der Waals surface area (Å²) in [6, 6.07) is 4.96. The second-order valence-electron chi connectivity index (χ2n) is 9.77. The molecule has 1 N–H and O–H groups in total. The van der Waals surface area contributed by atoms with E-state index in [1.165, 1.54) is 6.07 Å². The summed E-state index contributed by atoms with van der Waals surface area (Å²) in [4.78, 5) is 34.5. The molecule has 5 rings (SSSR count). The van der Waals surface area contributed by atoms with E-state index in [0.717, 1.165) is 61.9 Å². The van der Waals surface area contributed by atoms with Gasteiger partial charge in [0.2, 0.25) is 5.88 Å². The molecule has 0 unspecified atom stereocenters. The Labute approximate surface area is 214 Å². The lowest BCUT2D eigenvalue weighted by Gasteiger charge is -2.29. The van der Waals surface area contributed by atoms with Crippen LogP contribution >= 0.6 is 11.8 Å². The fourth-order valence-corrected chi connectivity index (χ4v) is 6.19. The summed E-state index contributed by atoms with van der Waals surface area (Å²) < 4.78 is 21.9. The van der Waals surface area contributed by atoms with E-state index in [1.54, 1.807) is 12.3 Å². The van der Waals surface area contributed by atoms with Gasteiger partial charge in [0.1, 0.15) is 17.6 Å². The molecule has 1 aliphatic carbocycles. The first-order chi connectivity index (χ1) is 17.5. The Hall–Kier alpha value is -2.94. The lowest BCUT2D eigenvalue weighted by Crippen LogP contribution is -2.38. The number of carbonyl (C=O) groups excluding carboxylic acids is 2. The smallest absolute Gasteiger partial charge is 0.255 e. The monoisotopic (exact) mass is 510 g/mol. The van der Waals surface area contributed by atoms with E-state index in [-0.39, 0.29) is 41.2 Å². The number of hydrogen-bond donors (Lipinski definition) is 1. The van der Waals surface area contributed by atoms with Crippen LogP contribution in [0.3, 0.4) is 0 Å². The maximum absolute atomic E-state index is 14.0. The Kier molecular flexibility index (Phi) is 7.55. The van der Waals surface area contributed by atoms with Crippen LogP contribution in [0.1, 0.15) is 71.4 Å². The zero-order valence-electron chi connectivity index (χ0n) is 20.4. The van der Waals surface area contributed by atoms with Crippen molar-refractivity contribution < 1.29 is 18.7 Å². The van der Waals surface area contributed by atoms with Crippen molar-refractivity contribution >= 4 is 29.1 Å². The van der Waals surface area contributed by atoms with Crippen molar-refractivity contribution in [3.8, 4) is 5.88 Å². The minimum Gasteiger partial charge on any atom is -0.474 e. The number of aryl methyl sites for hydroxylation is 1. The Balaban J connectivity index is 1.17. The summed E-state index contributed by atoms with van der Waals surface area (Å²) in [6.07, 6.45) is 10.2. The van der Waals surface area contributed by atoms with Gasteiger partial charge < -0.3 is 14.5 Å². The highest BCUT2D eigenvalue weighted by Gasteiger charge is 2.28. The molecule has 7 nitrogen and oxygen atoms in total. The molecule has 3 aromatic rings. The molecule has 0 aromatic carbocycles. The molecule has 0 bridgehead atoms. The van der Waals surface area contributed by atoms with Crippen LogP contribution < -0.4 is 10.1 Å². The first-order valence-electron chi connectivity index (χ1n) is 12.6. The van der Waals surface area contributed by atoms with Gasteiger partial charge in [-0.15, -0.1) is 0 Å². The van der Waals surface area contributed by atoms with E-state index in [4.69, 9.17) is 4.74 Å². The maximum Gasteiger partial charge on any atom is 0.255 e. The van der Waals surface area contributed by atoms with Crippen molar-refractivity contribution in [3.05, 3.63) is 59.4 Å². The molecular weight excluding hydrogens is 479 g/mol. The fraction of sp³-hybridized carbons (Fsp3) is 0.481. The lowest BCUT2D eigenvalue weighted by molar-refractivity contribution is 0.0893. The second-order valence-corrected chi connectivity index (χ2v) is 11.0. The molecule has 36 heavy (non-hydrogen) atoms. The van der Waals surface area contributed by atoms with Crippen LogP contribution in [0.15, 0.2) is 36.8 Å². The summed E-state index contributed by atoms with van der Waals surface area (Å²) >= 11 is 1.89. The third-order valence-corrected chi connectivity index (χ3v) is 8.23. The average Bonchev–Trinajstić information content (AvgIpc) is 3.27. The third-order valence-electron chi connectivity index (χ3n) is 7.19. The summed E-state index contributed by atoms with van der Waals surface area (Å²) in [5.74, 6) is 1.70. The van der Waals surface area contributed by atoms with E-state index in [0.29, 0.717) is 17.6 Å². The SMILES string of the molecule is Cc1cnc2c(C(=O)N[C@H]3CC[C@@H](CC(=O)c4cc(F)cnc4OC4CCSCC4)CC3)cccn12. The number of imidazole rings is 1. The van der Waals surface area contributed by atoms with Crippen LogP contribution in [0, 0.1) is 18.7 Å². The van der Waals surface area contributed by atoms with E-state index in [9.17, 15) is 14.0 Å². The standard InChI is InChI=1S/C27H31FN4O3S/c1-17-15-29-25-22(3-2-10-32(17)25)26(34)31-20-6-4-18(5-7-20)13-24(33)23-14-19(28)16-30-27(23)35-21-8-11-36-12-9-21/h2-3,10,14-16,18,20-21H,4-9,11-13H2,1H3,(H,31,34)/t18-,20+. The zero-order chi connectivity index (χ0) is 25.1. The number of hydrogen-bond acceptors (Lipinski definition) is 6. The van der Waals surface area contributed by atoms with Crippen molar-refractivity contribution in [1.82, 2.24) is 19.7 Å². The van der Waals surface area contributed by atoms with Gasteiger partial charge in [0.25, 0.3) is 5.91 Å². The number of amides is 1. The van der Waals surface area contributed by atoms with Gasteiger partial charge in [-0.3, -0.25) is 9.59 Å². The number of aromatic nitrogens is 3. The summed E-state index contributed by atoms with van der Waals surface area (Å²) in [6.45, 7) is 1.95. The number of nitrogens with one attached hydrogen (secondary N) is 1. The normalized spacial score (nSPS) is 20.8. The lowest BCUT2D eigenvalue weighted by atomic mass is 9.82. The molecule has 1 aliphatic heterocycles. The number of rotatable bonds is 7. The fourth-order valence-electron chi connectivity index (χ4n) is 5.13. The molecule has 1 saturated carbocycles. The number of halogens is 1. The summed E-state index contributed by atoms with van der Waals surface area (Å²) in [5.41, 5.74) is 2.43. The molecule has 0 spiro atoms. The van der Waals surface area contributed by atoms with E-state index in [2.05, 4.69) is 15.3 Å². The van der Waals surface area contributed by atoms with Crippen LogP contribution in [0.25, 0.3) is 5.65 Å². The van der Waals surface area contributed by atoms with Crippen LogP contribution in [0.4, 0.5) is 4.39 Å². The second kappa shape index (κ2) is 11.0. The largest absolute Gasteiger partial charge is 0.474 e. The maximum atomic E-state index is 14.0. The number of ketones is 1. The van der Waals surface area contributed by atoms with Gasteiger partial charge >= 0.3 is 0 Å². The van der Waals surface area contributed by atoms with Crippen LogP contribution in [0.5, 0.6) is 5.88 Å². The topological polar surface area (TPSA) is 85.6 Å². The Morgan fingerprint density at radius 3 is 2.67 bits per heavy atom. The first kappa shape index (κ1) is 24.7. The van der Waals surface area contributed by atoms with Gasteiger partial charge in [-0.1, -0.05) is 0 Å². The number of ether oxygens (including phenoxy) is 1. The molecule has 2 aliphatic rings. The predicted octanol–water partition coefficient (Wildman–Crippen LogP) is 5.01. The molecule has 4 heterocycles. The van der Waals surface area contributed by atoms with Crippen molar-refractivity contribution in [2.45, 2.75) is 64.0 Å². The number of fused-ring (bicyclic) bond motifs is 1. The molecular formula is C27H31FN4O3S. The molecule has 2 fully saturated rings. The van der Waals surface area contributed by atoms with Crippen molar-refractivity contribution in [3.63, 3.8) is 0 Å². The Morgan fingerprint density at radius 2 is 1.89 bits per heavy atom. The van der Waals surface area contributed by atoms with E-state index in [1.807, 2.05) is 35.3 Å². The number of carbonyl (C=O) groups is 2. The number of nitrogens with zero attached hydrogens (tertiary/aromatic N) is 3. The quantitative estimate of drug-likeness (QED) is 0.450. The van der Waals surface area contributed by atoms with Gasteiger partial charge in [-0.25, -0.2) is 14.4 Å². The van der Waals surface area contributed by atoms with Crippen molar-refractivity contribution in [2.75, 3.05) is 11.5 Å². The van der Waals surface area contributed by atoms with Crippen molar-refractivity contribution in [1.29, 1.82) is 0 Å². The number of pyridine rings is 2. The van der Waals surface area contributed by atoms with Crippen LogP contribution in [-0.4, -0.2) is 49.7 Å². The molecule has 190 valence electrons. The predicted molar refractivity (Wildman–Crippen MR) is 137 cm³/mol. The van der Waals surface area contributed by atoms with Crippen LogP contribution in [-0.2, 0) is 0 Å². The summed E-state index contributed by atoms with van der Waals surface area (Å²) in [7, 11) is 0. The number of Topliss-reactive ketones (excluding diaryl/α,β-unsaturated/α-hetero) is 1. The van der Waals surface area contributed by atoms with Gasteiger partial charge in [-0.2, -0.15) is 11.8 Å². The zero-order valence-corrected chi connectivity index (χ0v) is 21.2. The molecule has 0 radical (unpaired) electrons. The molecule has 9 heteroatoms. The highest BCUT2D eigenvalue weighted by atomic mass is 32.2. The van der Waals surface area contributed by atoms with Crippen LogP contribution in [0.2, 0.25) is 0 Å². The minimum atomic E-state index is -0.529. The van der Waals surface area contributed by atoms with E-state index >= 15 is 0 Å². The summed E-state index contributed by atoms with van der Waals surface area (Å²) in [5, 5.41) is 3.15. The highest BCUT2D eigenvalue weighted by molar-refractivity contribution is 7.99. The Morgan fingerprint density at radius 1 is 1.11 bits per heavy atom. The van der Waals surface area contributed by atoms with Gasteiger partial charge in [-0.05, 0) is 81.1 Å². The minimum absolute atomic E-state index is 0.0200. The van der Waals surface area contributed by atoms with Gasteiger partial charge in [0.15, 0.2) is 5.78 Å². The average molecular weight is 511 g/mol. The highest BCUT2D eigenvalue weighted by Crippen LogP contribution is 2.31. The van der Waals surface area contributed by atoms with Gasteiger partial charge in [0.05, 0.1) is 17.3 Å². The molecule has 3 aromatic heterocycles. The van der Waals surface area contributed by atoms with Crippen molar-refractivity contribution in [2.24, 2.45) is 5.92 Å². The molecule has 1 amide bonds. The van der Waals surface area contributed by atoms with E-state index < -0.39 is 5.82 Å². The third kappa shape index (κ3) is 5.56. The number of thioether (sulfide) groups is 1. The Bertz CT molecular complexity index is 1250. The molecule has 0 atom stereocenters. The molecule has 1 saturated heterocycles. The first-order valence-corrected chi connectivity index (χ1v) is 13.8. The van der Waals surface area contributed by atoms with Gasteiger partial charge in [0, 0.05) is 30.6 Å².